The average Bonchev–Trinajstić information content (AvgIpc) is 3.56. The van der Waals surface area contributed by atoms with Gasteiger partial charge in [-0.05, 0) is 69.1 Å². The number of hydrogen-bond acceptors (Lipinski definition) is 5. The smallest absolute Gasteiger partial charge is 0.275 e. The molecular formula is C26H39N7O. The van der Waals surface area contributed by atoms with Gasteiger partial charge in [-0.15, -0.1) is 0 Å². The van der Waals surface area contributed by atoms with Gasteiger partial charge in [-0.2, -0.15) is 5.10 Å². The molecule has 2 heterocycles. The lowest BCUT2D eigenvalue weighted by molar-refractivity contribution is 0.0720. The average molecular weight is 466 g/mol. The summed E-state index contributed by atoms with van der Waals surface area (Å²) in [5, 5.41) is 10.3. The molecule has 0 aliphatic carbocycles. The Balaban J connectivity index is 1.44. The van der Waals surface area contributed by atoms with Crippen molar-refractivity contribution in [3.05, 3.63) is 71.6 Å². The van der Waals surface area contributed by atoms with Crippen molar-refractivity contribution < 1.29 is 4.79 Å². The summed E-state index contributed by atoms with van der Waals surface area (Å²) in [4.78, 5) is 24.6. The first-order valence-electron chi connectivity index (χ1n) is 12.5. The quantitative estimate of drug-likeness (QED) is 0.278. The van der Waals surface area contributed by atoms with E-state index in [0.717, 1.165) is 24.5 Å². The molecule has 3 rings (SSSR count). The van der Waals surface area contributed by atoms with Gasteiger partial charge >= 0.3 is 0 Å². The number of imidazole rings is 1. The maximum Gasteiger partial charge on any atom is 0.275 e. The third kappa shape index (κ3) is 8.43. The van der Waals surface area contributed by atoms with Crippen LogP contribution < -0.4 is 5.32 Å². The number of benzene rings is 1. The molecule has 3 N–H and O–H groups in total. The molecule has 0 atom stereocenters. The molecule has 1 aromatic carbocycles. The molecule has 0 saturated heterocycles. The summed E-state index contributed by atoms with van der Waals surface area (Å²) >= 11 is 0. The summed E-state index contributed by atoms with van der Waals surface area (Å²) in [7, 11) is 0. The lowest BCUT2D eigenvalue weighted by Gasteiger charge is -2.21. The molecule has 8 nitrogen and oxygen atoms in total. The van der Waals surface area contributed by atoms with Crippen LogP contribution in [0.3, 0.4) is 0 Å². The van der Waals surface area contributed by atoms with Crippen LogP contribution in [0.15, 0.2) is 48.9 Å². The zero-order valence-corrected chi connectivity index (χ0v) is 20.6. The van der Waals surface area contributed by atoms with Crippen LogP contribution in [0.5, 0.6) is 0 Å². The molecular weight excluding hydrogens is 426 g/mol. The van der Waals surface area contributed by atoms with Gasteiger partial charge in [-0.3, -0.25) is 9.89 Å². The first-order chi connectivity index (χ1) is 16.7. The van der Waals surface area contributed by atoms with Gasteiger partial charge in [0.15, 0.2) is 0 Å². The fraction of sp³-hybridized carbons (Fsp3) is 0.500. The van der Waals surface area contributed by atoms with E-state index in [9.17, 15) is 4.79 Å². The Morgan fingerprint density at radius 3 is 2.35 bits per heavy atom. The number of aromatic amines is 2. The minimum Gasteiger partial charge on any atom is -0.347 e. The number of amides is 1. The van der Waals surface area contributed by atoms with Crippen molar-refractivity contribution in [3.63, 3.8) is 0 Å². The van der Waals surface area contributed by atoms with E-state index < -0.39 is 0 Å². The highest BCUT2D eigenvalue weighted by Crippen LogP contribution is 2.13. The van der Waals surface area contributed by atoms with Crippen molar-refractivity contribution in [3.8, 4) is 0 Å². The first kappa shape index (κ1) is 25.6. The maximum absolute atomic E-state index is 12.9. The fourth-order valence-electron chi connectivity index (χ4n) is 4.08. The van der Waals surface area contributed by atoms with E-state index in [0.29, 0.717) is 18.8 Å². The number of nitrogens with zero attached hydrogens (tertiary/aromatic N) is 4. The van der Waals surface area contributed by atoms with Crippen molar-refractivity contribution in [1.29, 1.82) is 0 Å². The third-order valence-electron chi connectivity index (χ3n) is 5.79. The van der Waals surface area contributed by atoms with Gasteiger partial charge in [0.1, 0.15) is 11.5 Å². The van der Waals surface area contributed by atoms with E-state index >= 15 is 0 Å². The standard InChI is InChI=1S/C26H39N7O/c1-3-16-32(17-4-2)18-6-5-12-27-19-22-7-9-23(10-8-22)20-33(21-25-28-14-15-29-25)26(34)24-11-13-30-31-24/h7-11,13-15,27H,3-6,12,16-21H2,1-2H3,(H,28,29)(H,30,31). The Morgan fingerprint density at radius 1 is 0.941 bits per heavy atom. The highest BCUT2D eigenvalue weighted by Gasteiger charge is 2.19. The fourth-order valence-corrected chi connectivity index (χ4v) is 4.08. The summed E-state index contributed by atoms with van der Waals surface area (Å²) in [6, 6.07) is 10.2. The second-order valence-corrected chi connectivity index (χ2v) is 8.70. The summed E-state index contributed by atoms with van der Waals surface area (Å²) in [6.07, 6.45) is 10.0. The molecule has 0 radical (unpaired) electrons. The van der Waals surface area contributed by atoms with Gasteiger partial charge in [-0.1, -0.05) is 38.1 Å². The Morgan fingerprint density at radius 2 is 1.71 bits per heavy atom. The second-order valence-electron chi connectivity index (χ2n) is 8.70. The summed E-state index contributed by atoms with van der Waals surface area (Å²) in [5.41, 5.74) is 2.73. The molecule has 0 aliphatic rings. The van der Waals surface area contributed by atoms with Crippen LogP contribution in [-0.4, -0.2) is 62.1 Å². The Labute approximate surface area is 203 Å². The number of unbranched alkanes of at least 4 members (excludes halogenated alkanes) is 1. The van der Waals surface area contributed by atoms with E-state index in [1.165, 1.54) is 50.9 Å². The maximum atomic E-state index is 12.9. The summed E-state index contributed by atoms with van der Waals surface area (Å²) in [6.45, 7) is 10.9. The Bertz CT molecular complexity index is 917. The van der Waals surface area contributed by atoms with Crippen molar-refractivity contribution in [2.24, 2.45) is 0 Å². The van der Waals surface area contributed by atoms with Gasteiger partial charge in [0, 0.05) is 31.7 Å². The highest BCUT2D eigenvalue weighted by molar-refractivity contribution is 5.92. The van der Waals surface area contributed by atoms with Crippen molar-refractivity contribution in [2.45, 2.75) is 59.2 Å². The number of carbonyl (C=O) groups excluding carboxylic acids is 1. The zero-order chi connectivity index (χ0) is 24.0. The lowest BCUT2D eigenvalue weighted by atomic mass is 10.1. The molecule has 0 unspecified atom stereocenters. The predicted octanol–water partition coefficient (Wildman–Crippen LogP) is 3.97. The number of aromatic nitrogens is 4. The van der Waals surface area contributed by atoms with Crippen LogP contribution in [0.2, 0.25) is 0 Å². The second kappa shape index (κ2) is 14.3. The van der Waals surface area contributed by atoms with Crippen LogP contribution in [0.1, 0.15) is 67.0 Å². The molecule has 0 bridgehead atoms. The van der Waals surface area contributed by atoms with E-state index in [-0.39, 0.29) is 5.91 Å². The summed E-state index contributed by atoms with van der Waals surface area (Å²) in [5.74, 6) is 0.622. The molecule has 0 saturated carbocycles. The molecule has 8 heteroatoms. The molecule has 3 aromatic rings. The van der Waals surface area contributed by atoms with Gasteiger partial charge in [0.2, 0.25) is 0 Å². The van der Waals surface area contributed by atoms with E-state index in [2.05, 4.69) is 68.5 Å². The number of H-pyrrole nitrogens is 2. The van der Waals surface area contributed by atoms with E-state index in [1.54, 1.807) is 29.6 Å². The summed E-state index contributed by atoms with van der Waals surface area (Å²) < 4.78 is 0. The van der Waals surface area contributed by atoms with Crippen LogP contribution >= 0.6 is 0 Å². The van der Waals surface area contributed by atoms with Crippen molar-refractivity contribution in [2.75, 3.05) is 26.2 Å². The monoisotopic (exact) mass is 465 g/mol. The molecule has 34 heavy (non-hydrogen) atoms. The molecule has 0 fully saturated rings. The highest BCUT2D eigenvalue weighted by atomic mass is 16.2. The number of hydrogen-bond donors (Lipinski definition) is 3. The van der Waals surface area contributed by atoms with Crippen LogP contribution in [-0.2, 0) is 19.6 Å². The minimum atomic E-state index is -0.125. The minimum absolute atomic E-state index is 0.125. The predicted molar refractivity (Wildman–Crippen MR) is 135 cm³/mol. The molecule has 184 valence electrons. The molecule has 0 spiro atoms. The number of nitrogens with one attached hydrogen (secondary N) is 3. The van der Waals surface area contributed by atoms with Gasteiger partial charge in [-0.25, -0.2) is 4.98 Å². The largest absolute Gasteiger partial charge is 0.347 e. The van der Waals surface area contributed by atoms with Crippen LogP contribution in [0, 0.1) is 0 Å². The van der Waals surface area contributed by atoms with E-state index in [1.807, 2.05) is 0 Å². The molecule has 0 aliphatic heterocycles. The lowest BCUT2D eigenvalue weighted by Crippen LogP contribution is -2.31. The molecule has 2 aromatic heterocycles. The number of carbonyl (C=O) groups is 1. The van der Waals surface area contributed by atoms with E-state index in [4.69, 9.17) is 0 Å². The first-order valence-corrected chi connectivity index (χ1v) is 12.5. The van der Waals surface area contributed by atoms with Gasteiger partial charge in [0.25, 0.3) is 5.91 Å². The SMILES string of the molecule is CCCN(CCC)CCCCNCc1ccc(CN(Cc2ncc[nH]2)C(=O)c2cc[nH]n2)cc1. The topological polar surface area (TPSA) is 92.9 Å². The van der Waals surface area contributed by atoms with Crippen molar-refractivity contribution >= 4 is 5.91 Å². The van der Waals surface area contributed by atoms with Crippen molar-refractivity contribution in [1.82, 2.24) is 35.3 Å². The molecule has 1 amide bonds. The van der Waals surface area contributed by atoms with Gasteiger partial charge in [0.05, 0.1) is 6.54 Å². The van der Waals surface area contributed by atoms with Gasteiger partial charge < -0.3 is 20.1 Å². The van der Waals surface area contributed by atoms with Crippen LogP contribution in [0.25, 0.3) is 0 Å². The number of rotatable bonds is 16. The zero-order valence-electron chi connectivity index (χ0n) is 20.6. The van der Waals surface area contributed by atoms with Crippen LogP contribution in [0.4, 0.5) is 0 Å². The Hall–Kier alpha value is -2.97. The Kier molecular flexibility index (Phi) is 10.8. The third-order valence-corrected chi connectivity index (χ3v) is 5.79. The normalized spacial score (nSPS) is 11.3.